The first-order chi connectivity index (χ1) is 17.6. The maximum atomic E-state index is 13.3. The Kier molecular flexibility index (Phi) is 6.19. The van der Waals surface area contributed by atoms with Crippen LogP contribution in [0.2, 0.25) is 0 Å². The van der Waals surface area contributed by atoms with Crippen LogP contribution in [0.15, 0.2) is 109 Å². The maximum absolute atomic E-state index is 13.3. The second-order valence-electron chi connectivity index (χ2n) is 8.07. The lowest BCUT2D eigenvalue weighted by Crippen LogP contribution is -2.30. The summed E-state index contributed by atoms with van der Waals surface area (Å²) in [5.41, 5.74) is 0.938. The lowest BCUT2D eigenvalue weighted by atomic mass is 9.95. The van der Waals surface area contributed by atoms with Crippen LogP contribution in [0.4, 0.5) is 5.82 Å². The molecule has 1 saturated heterocycles. The lowest BCUT2D eigenvalue weighted by molar-refractivity contribution is -0.132. The van der Waals surface area contributed by atoms with Crippen molar-refractivity contribution in [3.8, 4) is 17.2 Å². The van der Waals surface area contributed by atoms with Crippen molar-refractivity contribution in [2.45, 2.75) is 6.04 Å². The molecule has 1 aliphatic rings. The maximum Gasteiger partial charge on any atom is 0.301 e. The Hall–Kier alpha value is -4.91. The van der Waals surface area contributed by atoms with Crippen LogP contribution >= 0.6 is 0 Å². The fourth-order valence-electron chi connectivity index (χ4n) is 4.16. The standard InChI is InChI=1S/C29H22N2O5/c1-35-21-15-13-19(14-16-21)27(32)25-26(31(29(34)28(25)33)24-12-5-6-17-30-24)20-8-7-11-23(18-20)36-22-9-3-2-4-10-22/h2-18,26,32H,1H3/t26-/m1/s1. The zero-order valence-electron chi connectivity index (χ0n) is 19.4. The van der Waals surface area contributed by atoms with Crippen molar-refractivity contribution in [2.75, 3.05) is 12.0 Å². The first kappa shape index (κ1) is 22.9. The molecule has 0 saturated carbocycles. The molecule has 2 heterocycles. The van der Waals surface area contributed by atoms with E-state index in [-0.39, 0.29) is 11.3 Å². The molecular weight excluding hydrogens is 456 g/mol. The molecule has 0 bridgehead atoms. The number of ether oxygens (including phenoxy) is 2. The molecule has 1 aromatic heterocycles. The Bertz CT molecular complexity index is 1430. The summed E-state index contributed by atoms with van der Waals surface area (Å²) in [7, 11) is 1.54. The topological polar surface area (TPSA) is 89.0 Å². The number of pyridine rings is 1. The summed E-state index contributed by atoms with van der Waals surface area (Å²) >= 11 is 0. The monoisotopic (exact) mass is 478 g/mol. The predicted octanol–water partition coefficient (Wildman–Crippen LogP) is 5.51. The number of aliphatic hydroxyl groups is 1. The number of ketones is 1. The van der Waals surface area contributed by atoms with Crippen molar-refractivity contribution in [1.82, 2.24) is 4.98 Å². The minimum absolute atomic E-state index is 0.0346. The fourth-order valence-corrected chi connectivity index (χ4v) is 4.16. The molecule has 178 valence electrons. The number of methoxy groups -OCH3 is 1. The quantitative estimate of drug-likeness (QED) is 0.223. The van der Waals surface area contributed by atoms with Gasteiger partial charge in [0.1, 0.15) is 28.8 Å². The third kappa shape index (κ3) is 4.30. The normalized spacial score (nSPS) is 16.7. The van der Waals surface area contributed by atoms with E-state index in [1.54, 1.807) is 72.9 Å². The van der Waals surface area contributed by atoms with Crippen molar-refractivity contribution in [3.63, 3.8) is 0 Å². The van der Waals surface area contributed by atoms with E-state index < -0.39 is 17.7 Å². The zero-order chi connectivity index (χ0) is 25.1. The Labute approximate surface area is 207 Å². The van der Waals surface area contributed by atoms with E-state index in [4.69, 9.17) is 9.47 Å². The van der Waals surface area contributed by atoms with Gasteiger partial charge in [0.25, 0.3) is 5.78 Å². The molecule has 7 heteroatoms. The van der Waals surface area contributed by atoms with Crippen LogP contribution < -0.4 is 14.4 Å². The van der Waals surface area contributed by atoms with Gasteiger partial charge in [0.05, 0.1) is 18.7 Å². The van der Waals surface area contributed by atoms with E-state index in [9.17, 15) is 14.7 Å². The summed E-state index contributed by atoms with van der Waals surface area (Å²) in [5.74, 6) is 0.210. The van der Waals surface area contributed by atoms with Gasteiger partial charge in [-0.25, -0.2) is 4.98 Å². The number of rotatable bonds is 6. The molecule has 1 N–H and O–H groups in total. The molecule has 0 radical (unpaired) electrons. The molecule has 0 unspecified atom stereocenters. The first-order valence-corrected chi connectivity index (χ1v) is 11.3. The highest BCUT2D eigenvalue weighted by atomic mass is 16.5. The highest BCUT2D eigenvalue weighted by molar-refractivity contribution is 6.51. The number of para-hydroxylation sites is 1. The molecule has 4 aromatic rings. The summed E-state index contributed by atoms with van der Waals surface area (Å²) in [4.78, 5) is 32.2. The fraction of sp³-hybridized carbons (Fsp3) is 0.0690. The summed E-state index contributed by atoms with van der Waals surface area (Å²) in [6.45, 7) is 0. The molecule has 1 fully saturated rings. The van der Waals surface area contributed by atoms with Gasteiger partial charge in [-0.05, 0) is 66.2 Å². The number of aliphatic hydroxyl groups excluding tert-OH is 1. The third-order valence-electron chi connectivity index (χ3n) is 5.86. The molecule has 1 atom stereocenters. The van der Waals surface area contributed by atoms with Crippen LogP contribution in [0.5, 0.6) is 17.2 Å². The molecular formula is C29H22N2O5. The number of carbonyl (C=O) groups is 2. The molecule has 0 aliphatic carbocycles. The van der Waals surface area contributed by atoms with Gasteiger partial charge in [0.2, 0.25) is 0 Å². The predicted molar refractivity (Wildman–Crippen MR) is 135 cm³/mol. The third-order valence-corrected chi connectivity index (χ3v) is 5.86. The van der Waals surface area contributed by atoms with Gasteiger partial charge >= 0.3 is 5.91 Å². The van der Waals surface area contributed by atoms with Crippen molar-refractivity contribution in [2.24, 2.45) is 0 Å². The van der Waals surface area contributed by atoms with Crippen LogP contribution in [0, 0.1) is 0 Å². The Balaban J connectivity index is 1.65. The van der Waals surface area contributed by atoms with Gasteiger partial charge in [0.15, 0.2) is 0 Å². The summed E-state index contributed by atoms with van der Waals surface area (Å²) < 4.78 is 11.2. The Morgan fingerprint density at radius 3 is 2.25 bits per heavy atom. The molecule has 7 nitrogen and oxygen atoms in total. The van der Waals surface area contributed by atoms with E-state index >= 15 is 0 Å². The van der Waals surface area contributed by atoms with Crippen molar-refractivity contribution in [1.29, 1.82) is 0 Å². The number of nitrogens with zero attached hydrogens (tertiary/aromatic N) is 2. The smallest absolute Gasteiger partial charge is 0.301 e. The molecule has 5 rings (SSSR count). The number of hydrogen-bond acceptors (Lipinski definition) is 6. The van der Waals surface area contributed by atoms with E-state index in [1.807, 2.05) is 30.3 Å². The van der Waals surface area contributed by atoms with Crippen molar-refractivity contribution < 1.29 is 24.2 Å². The molecule has 36 heavy (non-hydrogen) atoms. The Morgan fingerprint density at radius 1 is 0.833 bits per heavy atom. The number of carbonyl (C=O) groups excluding carboxylic acids is 2. The summed E-state index contributed by atoms with van der Waals surface area (Å²) in [6, 6.07) is 27.2. The minimum atomic E-state index is -0.915. The van der Waals surface area contributed by atoms with E-state index in [0.717, 1.165) is 0 Å². The second kappa shape index (κ2) is 9.76. The lowest BCUT2D eigenvalue weighted by Gasteiger charge is -2.24. The molecule has 1 aliphatic heterocycles. The number of anilines is 1. The number of Topliss-reactive ketones (excluding diaryl/α,β-unsaturated/α-hetero) is 1. The summed E-state index contributed by atoms with van der Waals surface area (Å²) in [5, 5.41) is 11.3. The highest BCUT2D eigenvalue weighted by Gasteiger charge is 2.47. The number of benzene rings is 3. The van der Waals surface area contributed by atoms with E-state index in [1.165, 1.54) is 12.0 Å². The van der Waals surface area contributed by atoms with Gasteiger partial charge in [-0.1, -0.05) is 36.4 Å². The summed E-state index contributed by atoms with van der Waals surface area (Å²) in [6.07, 6.45) is 1.55. The largest absolute Gasteiger partial charge is 0.507 e. The minimum Gasteiger partial charge on any atom is -0.507 e. The van der Waals surface area contributed by atoms with Gasteiger partial charge in [0, 0.05) is 11.8 Å². The number of hydrogen-bond donors (Lipinski definition) is 1. The zero-order valence-corrected chi connectivity index (χ0v) is 19.4. The van der Waals surface area contributed by atoms with E-state index in [2.05, 4.69) is 4.98 Å². The number of amides is 1. The van der Waals surface area contributed by atoms with Gasteiger partial charge in [-0.3, -0.25) is 14.5 Å². The van der Waals surface area contributed by atoms with Crippen molar-refractivity contribution in [3.05, 3.63) is 120 Å². The van der Waals surface area contributed by atoms with Gasteiger partial charge in [-0.15, -0.1) is 0 Å². The average Bonchev–Trinajstić information content (AvgIpc) is 3.19. The van der Waals surface area contributed by atoms with Crippen LogP contribution in [-0.2, 0) is 9.59 Å². The highest BCUT2D eigenvalue weighted by Crippen LogP contribution is 2.42. The van der Waals surface area contributed by atoms with Crippen LogP contribution in [0.3, 0.4) is 0 Å². The molecule has 0 spiro atoms. The van der Waals surface area contributed by atoms with E-state index in [0.29, 0.717) is 34.2 Å². The van der Waals surface area contributed by atoms with Crippen LogP contribution in [0.25, 0.3) is 5.76 Å². The Morgan fingerprint density at radius 2 is 1.56 bits per heavy atom. The average molecular weight is 479 g/mol. The van der Waals surface area contributed by atoms with Crippen LogP contribution in [-0.4, -0.2) is 28.9 Å². The van der Waals surface area contributed by atoms with Crippen molar-refractivity contribution >= 4 is 23.3 Å². The first-order valence-electron chi connectivity index (χ1n) is 11.3. The van der Waals surface area contributed by atoms with Crippen LogP contribution in [0.1, 0.15) is 17.2 Å². The SMILES string of the molecule is COc1ccc(C(O)=C2C(=O)C(=O)N(c3ccccn3)[C@@H]2c2cccc(Oc3ccccc3)c2)cc1. The molecule has 1 amide bonds. The number of aromatic nitrogens is 1. The van der Waals surface area contributed by atoms with Gasteiger partial charge < -0.3 is 14.6 Å². The van der Waals surface area contributed by atoms with Gasteiger partial charge in [-0.2, -0.15) is 0 Å². The molecule has 3 aromatic carbocycles. The second-order valence-corrected chi connectivity index (χ2v) is 8.07.